The van der Waals surface area contributed by atoms with Gasteiger partial charge in [-0.25, -0.2) is 4.79 Å². The van der Waals surface area contributed by atoms with Gasteiger partial charge in [-0.1, -0.05) is 0 Å². The van der Waals surface area contributed by atoms with Crippen LogP contribution in [0.3, 0.4) is 0 Å². The smallest absolute Gasteiger partial charge is 0.335 e. The predicted octanol–water partition coefficient (Wildman–Crippen LogP) is 2.29. The summed E-state index contributed by atoms with van der Waals surface area (Å²) in [4.78, 5) is 13.1. The molecule has 4 heteroatoms. The zero-order valence-corrected chi connectivity index (χ0v) is 11.2. The van der Waals surface area contributed by atoms with Crippen LogP contribution in [0.5, 0.6) is 0 Å². The van der Waals surface area contributed by atoms with Gasteiger partial charge in [0.15, 0.2) is 0 Å². The first-order chi connectivity index (χ1) is 8.47. The number of nitrogens with zero attached hydrogens (tertiary/aromatic N) is 1. The molecule has 1 rings (SSSR count). The summed E-state index contributed by atoms with van der Waals surface area (Å²) in [6.45, 7) is 6.89. The summed E-state index contributed by atoms with van der Waals surface area (Å²) in [6, 6.07) is 5.67. The van der Waals surface area contributed by atoms with Crippen molar-refractivity contribution in [1.82, 2.24) is 0 Å². The Balaban J connectivity index is 2.99. The lowest BCUT2D eigenvalue weighted by Gasteiger charge is -2.29. The number of aliphatic hydroxyl groups excluding tert-OH is 1. The number of anilines is 1. The van der Waals surface area contributed by atoms with Gasteiger partial charge < -0.3 is 15.1 Å². The Hall–Kier alpha value is -1.55. The molecule has 0 aliphatic rings. The third-order valence-corrected chi connectivity index (χ3v) is 2.95. The van der Waals surface area contributed by atoms with Crippen molar-refractivity contribution in [3.05, 3.63) is 29.3 Å². The van der Waals surface area contributed by atoms with Crippen LogP contribution in [0.15, 0.2) is 18.2 Å². The monoisotopic (exact) mass is 251 g/mol. The van der Waals surface area contributed by atoms with Crippen LogP contribution in [-0.2, 0) is 0 Å². The van der Waals surface area contributed by atoms with Gasteiger partial charge in [0.25, 0.3) is 0 Å². The summed E-state index contributed by atoms with van der Waals surface area (Å²) in [5, 5.41) is 17.9. The van der Waals surface area contributed by atoms with E-state index >= 15 is 0 Å². The molecule has 0 saturated heterocycles. The van der Waals surface area contributed by atoms with Gasteiger partial charge in [-0.05, 0) is 51.0 Å². The van der Waals surface area contributed by atoms with E-state index in [2.05, 4.69) is 18.7 Å². The van der Waals surface area contributed by atoms with E-state index in [9.17, 15) is 4.79 Å². The van der Waals surface area contributed by atoms with Crippen LogP contribution < -0.4 is 4.90 Å². The normalized spacial score (nSPS) is 10.7. The number of carbonyl (C=O) groups is 1. The fourth-order valence-corrected chi connectivity index (χ4v) is 1.99. The number of aryl methyl sites for hydroxylation is 1. The summed E-state index contributed by atoms with van der Waals surface area (Å²) in [6.07, 6.45) is 0.706. The molecule has 1 aromatic carbocycles. The maximum atomic E-state index is 11.0. The van der Waals surface area contributed by atoms with E-state index < -0.39 is 5.97 Å². The minimum absolute atomic E-state index is 0.162. The van der Waals surface area contributed by atoms with Gasteiger partial charge in [-0.2, -0.15) is 0 Å². The Morgan fingerprint density at radius 2 is 2.06 bits per heavy atom. The summed E-state index contributed by atoms with van der Waals surface area (Å²) < 4.78 is 0. The van der Waals surface area contributed by atoms with Crippen LogP contribution in [0.25, 0.3) is 0 Å². The molecule has 0 aliphatic carbocycles. The highest BCUT2D eigenvalue weighted by Crippen LogP contribution is 2.21. The van der Waals surface area contributed by atoms with Gasteiger partial charge in [-0.3, -0.25) is 0 Å². The number of hydrogen-bond donors (Lipinski definition) is 2. The average molecular weight is 251 g/mol. The Morgan fingerprint density at radius 3 is 2.50 bits per heavy atom. The Kier molecular flexibility index (Phi) is 5.16. The number of hydrogen-bond acceptors (Lipinski definition) is 3. The second kappa shape index (κ2) is 6.40. The number of aromatic carboxylic acids is 1. The first kappa shape index (κ1) is 14.5. The van der Waals surface area contributed by atoms with Gasteiger partial charge in [-0.15, -0.1) is 0 Å². The maximum Gasteiger partial charge on any atom is 0.335 e. The molecular formula is C14H21NO3. The molecule has 0 aromatic heterocycles. The molecule has 1 aromatic rings. The maximum absolute atomic E-state index is 11.0. The molecule has 0 radical (unpaired) electrons. The average Bonchev–Trinajstić information content (AvgIpc) is 2.28. The van der Waals surface area contributed by atoms with Gasteiger partial charge >= 0.3 is 5.97 Å². The van der Waals surface area contributed by atoms with Crippen molar-refractivity contribution in [3.63, 3.8) is 0 Å². The second-order valence-electron chi connectivity index (χ2n) is 4.67. The summed E-state index contributed by atoms with van der Waals surface area (Å²) in [5.74, 6) is -0.898. The van der Waals surface area contributed by atoms with Crippen molar-refractivity contribution in [1.29, 1.82) is 0 Å². The van der Waals surface area contributed by atoms with E-state index in [0.717, 1.165) is 17.8 Å². The Morgan fingerprint density at radius 1 is 1.39 bits per heavy atom. The highest BCUT2D eigenvalue weighted by molar-refractivity contribution is 5.89. The van der Waals surface area contributed by atoms with Crippen LogP contribution >= 0.6 is 0 Å². The van der Waals surface area contributed by atoms with E-state index in [0.29, 0.717) is 18.0 Å². The minimum atomic E-state index is -0.898. The lowest BCUT2D eigenvalue weighted by molar-refractivity contribution is 0.0696. The van der Waals surface area contributed by atoms with Crippen LogP contribution in [0.1, 0.15) is 36.2 Å². The molecular weight excluding hydrogens is 230 g/mol. The highest BCUT2D eigenvalue weighted by Gasteiger charge is 2.13. The van der Waals surface area contributed by atoms with Crippen molar-refractivity contribution in [2.45, 2.75) is 33.2 Å². The predicted molar refractivity (Wildman–Crippen MR) is 72.3 cm³/mol. The first-order valence-electron chi connectivity index (χ1n) is 6.18. The number of benzene rings is 1. The third-order valence-electron chi connectivity index (χ3n) is 2.95. The molecule has 0 amide bonds. The van der Waals surface area contributed by atoms with Crippen LogP contribution in [0, 0.1) is 6.92 Å². The summed E-state index contributed by atoms with van der Waals surface area (Å²) in [7, 11) is 0. The van der Waals surface area contributed by atoms with Crippen LogP contribution in [0.4, 0.5) is 5.69 Å². The van der Waals surface area contributed by atoms with E-state index in [-0.39, 0.29) is 6.61 Å². The van der Waals surface area contributed by atoms with Crippen molar-refractivity contribution in [2.24, 2.45) is 0 Å². The molecule has 0 heterocycles. The summed E-state index contributed by atoms with van der Waals surface area (Å²) >= 11 is 0. The van der Waals surface area contributed by atoms with Gasteiger partial charge in [0, 0.05) is 24.9 Å². The van der Waals surface area contributed by atoms with E-state index in [1.54, 1.807) is 13.0 Å². The molecule has 100 valence electrons. The van der Waals surface area contributed by atoms with Gasteiger partial charge in [0.2, 0.25) is 0 Å². The molecule has 0 atom stereocenters. The van der Waals surface area contributed by atoms with Crippen LogP contribution in [-0.4, -0.2) is 35.4 Å². The Labute approximate surface area is 108 Å². The van der Waals surface area contributed by atoms with Crippen molar-refractivity contribution in [3.8, 4) is 0 Å². The van der Waals surface area contributed by atoms with Gasteiger partial charge in [0.05, 0.1) is 5.56 Å². The zero-order chi connectivity index (χ0) is 13.7. The van der Waals surface area contributed by atoms with Crippen molar-refractivity contribution >= 4 is 11.7 Å². The molecule has 0 fully saturated rings. The quantitative estimate of drug-likeness (QED) is 0.814. The minimum Gasteiger partial charge on any atom is -0.478 e. The van der Waals surface area contributed by atoms with Crippen molar-refractivity contribution < 1.29 is 15.0 Å². The first-order valence-corrected chi connectivity index (χ1v) is 6.18. The zero-order valence-electron chi connectivity index (χ0n) is 11.2. The van der Waals surface area contributed by atoms with Crippen molar-refractivity contribution in [2.75, 3.05) is 18.1 Å². The lowest BCUT2D eigenvalue weighted by Crippen LogP contribution is -2.32. The number of aliphatic hydroxyl groups is 1. The standard InChI is InChI=1S/C14H21NO3/c1-10(2)15(7-4-8-16)12-5-6-13(14(17)18)11(3)9-12/h5-6,9-10,16H,4,7-8H2,1-3H3,(H,17,18). The van der Waals surface area contributed by atoms with Gasteiger partial charge in [0.1, 0.15) is 0 Å². The topological polar surface area (TPSA) is 60.8 Å². The molecule has 0 saturated carbocycles. The number of carboxylic acid groups (broad SMARTS) is 1. The summed E-state index contributed by atoms with van der Waals surface area (Å²) in [5.41, 5.74) is 2.10. The molecule has 2 N–H and O–H groups in total. The molecule has 18 heavy (non-hydrogen) atoms. The lowest BCUT2D eigenvalue weighted by atomic mass is 10.1. The number of carboxylic acids is 1. The van der Waals surface area contributed by atoms with E-state index in [1.165, 1.54) is 0 Å². The molecule has 0 unspecified atom stereocenters. The number of rotatable bonds is 6. The Bertz CT molecular complexity index is 416. The van der Waals surface area contributed by atoms with Crippen LogP contribution in [0.2, 0.25) is 0 Å². The molecule has 0 bridgehead atoms. The SMILES string of the molecule is Cc1cc(N(CCCO)C(C)C)ccc1C(=O)O. The van der Waals surface area contributed by atoms with E-state index in [1.807, 2.05) is 12.1 Å². The fraction of sp³-hybridized carbons (Fsp3) is 0.500. The molecule has 0 aliphatic heterocycles. The molecule has 0 spiro atoms. The third kappa shape index (κ3) is 3.47. The fourth-order valence-electron chi connectivity index (χ4n) is 1.99. The van der Waals surface area contributed by atoms with E-state index in [4.69, 9.17) is 10.2 Å². The molecule has 4 nitrogen and oxygen atoms in total. The second-order valence-corrected chi connectivity index (χ2v) is 4.67. The highest BCUT2D eigenvalue weighted by atomic mass is 16.4. The largest absolute Gasteiger partial charge is 0.478 e.